The molecule has 0 aliphatic heterocycles. The van der Waals surface area contributed by atoms with E-state index < -0.39 is 16.7 Å². The van der Waals surface area contributed by atoms with E-state index in [1.807, 2.05) is 17.5 Å². The summed E-state index contributed by atoms with van der Waals surface area (Å²) in [7, 11) is 0. The van der Waals surface area contributed by atoms with Crippen LogP contribution in [0.5, 0.6) is 0 Å². The Labute approximate surface area is 157 Å². The van der Waals surface area contributed by atoms with E-state index in [1.165, 1.54) is 35.6 Å². The average molecular weight is 385 g/mol. The Morgan fingerprint density at radius 2 is 1.96 bits per heavy atom. The first-order valence-electron chi connectivity index (χ1n) is 7.91. The fraction of sp³-hybridized carbons (Fsp3) is 0.118. The zero-order chi connectivity index (χ0) is 19.2. The molecule has 0 fully saturated rings. The maximum absolute atomic E-state index is 12.1. The molecule has 0 bridgehead atoms. The second-order valence-electron chi connectivity index (χ2n) is 5.49. The molecule has 0 spiro atoms. The fourth-order valence-corrected chi connectivity index (χ4v) is 3.21. The lowest BCUT2D eigenvalue weighted by atomic mass is 10.2. The third-order valence-corrected chi connectivity index (χ3v) is 4.69. The minimum Gasteiger partial charge on any atom is -0.345 e. The van der Waals surface area contributed by atoms with Crippen LogP contribution in [0.1, 0.15) is 10.9 Å². The fourth-order valence-electron chi connectivity index (χ4n) is 2.39. The number of amides is 2. The maximum atomic E-state index is 12.1. The number of aromatic nitrogens is 2. The molecular weight excluding hydrogens is 370 g/mol. The molecule has 10 heteroatoms. The molecule has 0 aliphatic rings. The molecule has 27 heavy (non-hydrogen) atoms. The zero-order valence-corrected chi connectivity index (χ0v) is 14.8. The van der Waals surface area contributed by atoms with Crippen LogP contribution in [0.15, 0.2) is 60.2 Å². The predicted octanol–water partition coefficient (Wildman–Crippen LogP) is 2.20. The van der Waals surface area contributed by atoms with Crippen molar-refractivity contribution in [3.63, 3.8) is 0 Å². The number of nitrogens with one attached hydrogen (secondary N) is 2. The van der Waals surface area contributed by atoms with Gasteiger partial charge in [0.15, 0.2) is 0 Å². The van der Waals surface area contributed by atoms with Gasteiger partial charge in [0.2, 0.25) is 0 Å². The Hall–Kier alpha value is -3.53. The van der Waals surface area contributed by atoms with Crippen LogP contribution in [-0.2, 0) is 9.59 Å². The summed E-state index contributed by atoms with van der Waals surface area (Å²) in [6.07, 6.45) is 3.43. The van der Waals surface area contributed by atoms with E-state index >= 15 is 0 Å². The van der Waals surface area contributed by atoms with Gasteiger partial charge in [0.25, 0.3) is 5.69 Å². The smallest absolute Gasteiger partial charge is 0.313 e. The van der Waals surface area contributed by atoms with E-state index in [-0.39, 0.29) is 18.3 Å². The summed E-state index contributed by atoms with van der Waals surface area (Å²) in [5.41, 5.74) is 0.193. The molecule has 2 aromatic heterocycles. The summed E-state index contributed by atoms with van der Waals surface area (Å²) in [6.45, 7) is 0.189. The number of benzene rings is 1. The molecule has 0 radical (unpaired) electrons. The highest BCUT2D eigenvalue weighted by Crippen LogP contribution is 2.22. The molecule has 0 saturated carbocycles. The lowest BCUT2D eigenvalue weighted by Gasteiger charge is -2.17. The number of thiophene rings is 1. The zero-order valence-electron chi connectivity index (χ0n) is 13.9. The van der Waals surface area contributed by atoms with E-state index in [0.29, 0.717) is 5.69 Å². The van der Waals surface area contributed by atoms with Gasteiger partial charge >= 0.3 is 11.8 Å². The molecule has 138 valence electrons. The molecule has 3 aromatic rings. The third kappa shape index (κ3) is 4.55. The third-order valence-electron chi connectivity index (χ3n) is 3.71. The molecule has 2 N–H and O–H groups in total. The van der Waals surface area contributed by atoms with Gasteiger partial charge in [-0.25, -0.2) is 0 Å². The van der Waals surface area contributed by atoms with Gasteiger partial charge in [-0.3, -0.25) is 24.4 Å². The van der Waals surface area contributed by atoms with E-state index in [0.717, 1.165) is 4.88 Å². The van der Waals surface area contributed by atoms with Crippen LogP contribution in [-0.4, -0.2) is 33.1 Å². The van der Waals surface area contributed by atoms with Gasteiger partial charge in [-0.1, -0.05) is 6.07 Å². The predicted molar refractivity (Wildman–Crippen MR) is 99.4 cm³/mol. The van der Waals surface area contributed by atoms with Crippen LogP contribution in [0.4, 0.5) is 11.4 Å². The normalized spacial score (nSPS) is 11.6. The molecule has 1 unspecified atom stereocenters. The summed E-state index contributed by atoms with van der Waals surface area (Å²) >= 11 is 1.53. The van der Waals surface area contributed by atoms with Crippen molar-refractivity contribution in [2.45, 2.75) is 6.04 Å². The van der Waals surface area contributed by atoms with Crippen molar-refractivity contribution < 1.29 is 14.5 Å². The van der Waals surface area contributed by atoms with Crippen molar-refractivity contribution in [1.82, 2.24) is 15.1 Å². The maximum Gasteiger partial charge on any atom is 0.313 e. The number of carbonyl (C=O) groups excluding carboxylic acids is 2. The number of anilines is 1. The first-order chi connectivity index (χ1) is 13.0. The van der Waals surface area contributed by atoms with Crippen LogP contribution in [0, 0.1) is 10.1 Å². The Morgan fingerprint density at radius 3 is 2.56 bits per heavy atom. The van der Waals surface area contributed by atoms with Gasteiger partial charge in [0.1, 0.15) is 6.04 Å². The van der Waals surface area contributed by atoms with Crippen LogP contribution >= 0.6 is 11.3 Å². The summed E-state index contributed by atoms with van der Waals surface area (Å²) in [5.74, 6) is -1.66. The van der Waals surface area contributed by atoms with E-state index in [1.54, 1.807) is 23.1 Å². The van der Waals surface area contributed by atoms with Gasteiger partial charge in [-0.05, 0) is 29.6 Å². The van der Waals surface area contributed by atoms with Crippen molar-refractivity contribution >= 4 is 34.5 Å². The minimum absolute atomic E-state index is 0.101. The molecular formula is C17H15N5O4S. The number of carbonyl (C=O) groups is 2. The van der Waals surface area contributed by atoms with E-state index in [4.69, 9.17) is 0 Å². The molecule has 1 atom stereocenters. The lowest BCUT2D eigenvalue weighted by molar-refractivity contribution is -0.384. The minimum atomic E-state index is -0.853. The molecule has 3 rings (SSSR count). The van der Waals surface area contributed by atoms with Gasteiger partial charge in [0.05, 0.1) is 4.92 Å². The monoisotopic (exact) mass is 385 g/mol. The topological polar surface area (TPSA) is 119 Å². The number of nitro benzene ring substituents is 1. The second kappa shape index (κ2) is 8.23. The first kappa shape index (κ1) is 18.3. The van der Waals surface area contributed by atoms with Crippen LogP contribution in [0.25, 0.3) is 0 Å². The average Bonchev–Trinajstić information content (AvgIpc) is 3.36. The van der Waals surface area contributed by atoms with Gasteiger partial charge in [-0.15, -0.1) is 11.3 Å². The molecule has 9 nitrogen and oxygen atoms in total. The highest BCUT2D eigenvalue weighted by Gasteiger charge is 2.20. The Bertz CT molecular complexity index is 889. The van der Waals surface area contributed by atoms with Crippen molar-refractivity contribution in [3.05, 3.63) is 75.2 Å². The van der Waals surface area contributed by atoms with Crippen molar-refractivity contribution in [1.29, 1.82) is 0 Å². The summed E-state index contributed by atoms with van der Waals surface area (Å²) < 4.78 is 1.71. The Balaban J connectivity index is 1.60. The van der Waals surface area contributed by atoms with Crippen molar-refractivity contribution in [2.75, 3.05) is 11.9 Å². The van der Waals surface area contributed by atoms with Gasteiger partial charge in [-0.2, -0.15) is 5.10 Å². The quantitative estimate of drug-likeness (QED) is 0.383. The van der Waals surface area contributed by atoms with Crippen LogP contribution in [0.2, 0.25) is 0 Å². The highest BCUT2D eigenvalue weighted by atomic mass is 32.1. The molecule has 0 aliphatic carbocycles. The second-order valence-corrected chi connectivity index (χ2v) is 6.46. The van der Waals surface area contributed by atoms with E-state index in [2.05, 4.69) is 15.7 Å². The molecule has 1 aromatic carbocycles. The number of rotatable bonds is 6. The SMILES string of the molecule is O=C(NCC(c1cccs1)n1cccn1)C(=O)Nc1ccc([N+](=O)[O-])cc1. The van der Waals surface area contributed by atoms with Crippen LogP contribution in [0.3, 0.4) is 0 Å². The number of non-ortho nitro benzene ring substituents is 1. The summed E-state index contributed by atoms with van der Waals surface area (Å²) in [6, 6.07) is 10.6. The molecule has 0 saturated heterocycles. The van der Waals surface area contributed by atoms with E-state index in [9.17, 15) is 19.7 Å². The van der Waals surface area contributed by atoms with Crippen LogP contribution < -0.4 is 10.6 Å². The Morgan fingerprint density at radius 1 is 1.19 bits per heavy atom. The number of hydrogen-bond donors (Lipinski definition) is 2. The van der Waals surface area contributed by atoms with Crippen molar-refractivity contribution in [3.8, 4) is 0 Å². The van der Waals surface area contributed by atoms with Gasteiger partial charge < -0.3 is 10.6 Å². The van der Waals surface area contributed by atoms with Gasteiger partial charge in [0, 0.05) is 41.6 Å². The Kier molecular flexibility index (Phi) is 5.57. The molecule has 2 heterocycles. The number of nitro groups is 1. The lowest BCUT2D eigenvalue weighted by Crippen LogP contribution is -2.38. The first-order valence-corrected chi connectivity index (χ1v) is 8.78. The molecule has 2 amide bonds. The number of nitrogens with zero attached hydrogens (tertiary/aromatic N) is 3. The standard InChI is InChI=1S/C17H15N5O4S/c23-16(17(24)20-12-4-6-13(7-5-12)22(25)26)18-11-14(15-3-1-10-27-15)21-9-2-8-19-21/h1-10,14H,11H2,(H,18,23)(H,20,24). The summed E-state index contributed by atoms with van der Waals surface area (Å²) in [5, 5.41) is 21.8. The largest absolute Gasteiger partial charge is 0.345 e. The summed E-state index contributed by atoms with van der Waals surface area (Å²) in [4.78, 5) is 35.2. The van der Waals surface area contributed by atoms with Crippen molar-refractivity contribution in [2.24, 2.45) is 0 Å². The number of hydrogen-bond acceptors (Lipinski definition) is 6. The highest BCUT2D eigenvalue weighted by molar-refractivity contribution is 7.10.